The molecule has 0 atom stereocenters. The number of aromatic carboxylic acids is 1. The fourth-order valence-corrected chi connectivity index (χ4v) is 5.22. The number of ether oxygens (including phenoxy) is 2. The fraction of sp³-hybridized carbons (Fsp3) is 0.250. The molecule has 3 rings (SSSR count). The summed E-state index contributed by atoms with van der Waals surface area (Å²) in [6.07, 6.45) is 1.39. The lowest BCUT2D eigenvalue weighted by Gasteiger charge is -2.14. The molecule has 0 spiro atoms. The number of carboxylic acid groups (broad SMARTS) is 1. The van der Waals surface area contributed by atoms with Gasteiger partial charge < -0.3 is 14.6 Å². The summed E-state index contributed by atoms with van der Waals surface area (Å²) in [5, 5.41) is 9.81. The third-order valence-corrected chi connectivity index (χ3v) is 7.37. The Kier molecular flexibility index (Phi) is 8.22. The Morgan fingerprint density at radius 1 is 0.811 bits per heavy atom. The normalized spacial score (nSPS) is 11.8. The van der Waals surface area contributed by atoms with Gasteiger partial charge in [0, 0.05) is 29.7 Å². The monoisotopic (exact) mass is 552 g/mol. The van der Waals surface area contributed by atoms with Crippen LogP contribution in [0.4, 0.5) is 0 Å². The number of hydrogen-bond donors (Lipinski definition) is 3. The minimum Gasteiger partial charge on any atom is -0.495 e. The van der Waals surface area contributed by atoms with Crippen molar-refractivity contribution in [3.05, 3.63) is 54.1 Å². The molecule has 3 N–H and O–H groups in total. The number of aromatic nitrogens is 1. The summed E-state index contributed by atoms with van der Waals surface area (Å²) in [7, 11) is -6.88. The molecule has 0 saturated heterocycles. The van der Waals surface area contributed by atoms with E-state index in [0.29, 0.717) is 24.4 Å². The maximum atomic E-state index is 12.0. The Hall–Kier alpha value is -3.52. The molecule has 0 saturated carbocycles. The third-order valence-electron chi connectivity index (χ3n) is 5.62. The van der Waals surface area contributed by atoms with Gasteiger partial charge in [-0.2, -0.15) is 21.4 Å². The summed E-state index contributed by atoms with van der Waals surface area (Å²) < 4.78 is 79.2. The topological polar surface area (TPSA) is 168 Å². The molecule has 0 aliphatic carbocycles. The van der Waals surface area contributed by atoms with Crippen LogP contribution in [-0.2, 0) is 26.8 Å². The number of hydrogen-bond acceptors (Lipinski definition) is 7. The van der Waals surface area contributed by atoms with Gasteiger partial charge in [0.15, 0.2) is 0 Å². The summed E-state index contributed by atoms with van der Waals surface area (Å²) in [6, 6.07) is 10.7. The van der Waals surface area contributed by atoms with Crippen LogP contribution in [0.5, 0.6) is 11.5 Å². The molecule has 2 aromatic carbocycles. The first-order chi connectivity index (χ1) is 17.3. The molecule has 0 aliphatic heterocycles. The summed E-state index contributed by atoms with van der Waals surface area (Å²) in [6.45, 7) is 2.29. The zero-order chi connectivity index (χ0) is 27.5. The van der Waals surface area contributed by atoms with E-state index < -0.39 is 36.0 Å². The summed E-state index contributed by atoms with van der Waals surface area (Å²) in [5.41, 5.74) is 0.946. The van der Waals surface area contributed by atoms with Crippen LogP contribution < -0.4 is 14.0 Å². The van der Waals surface area contributed by atoms with E-state index >= 15 is 0 Å². The number of methoxy groups -OCH3 is 2. The fourth-order valence-electron chi connectivity index (χ4n) is 3.86. The maximum Gasteiger partial charge on any atom is 0.336 e. The van der Waals surface area contributed by atoms with Gasteiger partial charge in [-0.3, -0.25) is 9.11 Å². The average Bonchev–Trinajstić information content (AvgIpc) is 2.85. The van der Waals surface area contributed by atoms with E-state index in [2.05, 4.69) is 0 Å². The zero-order valence-corrected chi connectivity index (χ0v) is 21.8. The van der Waals surface area contributed by atoms with Gasteiger partial charge in [-0.1, -0.05) is 13.3 Å². The Bertz CT molecular complexity index is 1460. The second-order valence-electron chi connectivity index (χ2n) is 8.01. The van der Waals surface area contributed by atoms with Gasteiger partial charge in [0.1, 0.15) is 27.8 Å². The maximum absolute atomic E-state index is 12.0. The van der Waals surface area contributed by atoms with Crippen LogP contribution in [-0.4, -0.2) is 51.2 Å². The highest BCUT2D eigenvalue weighted by Gasteiger charge is 2.28. The van der Waals surface area contributed by atoms with Gasteiger partial charge in [-0.05, 0) is 36.4 Å². The van der Waals surface area contributed by atoms with Gasteiger partial charge >= 0.3 is 5.97 Å². The van der Waals surface area contributed by atoms with E-state index in [1.54, 1.807) is 4.57 Å². The lowest BCUT2D eigenvalue weighted by atomic mass is 10.0. The van der Waals surface area contributed by atoms with E-state index in [4.69, 9.17) is 9.47 Å². The van der Waals surface area contributed by atoms with Crippen LogP contribution in [0.1, 0.15) is 30.1 Å². The minimum absolute atomic E-state index is 0.103. The second-order valence-corrected chi connectivity index (χ2v) is 10.8. The number of carbonyl (C=O) groups is 1. The molecular weight excluding hydrogens is 526 g/mol. The molecule has 1 aromatic heterocycles. The van der Waals surface area contributed by atoms with Gasteiger partial charge in [0.05, 0.1) is 19.8 Å². The number of benzene rings is 2. The lowest BCUT2D eigenvalue weighted by Crippen LogP contribution is -2.39. The summed E-state index contributed by atoms with van der Waals surface area (Å²) in [4.78, 5) is 11.0. The van der Waals surface area contributed by atoms with Crippen molar-refractivity contribution in [2.75, 3.05) is 14.2 Å². The standard InChI is InChI=1S/C24H25NO10S2/c1-4-5-10-25-18(15-6-8-20(34-2)22(13-15)36(28,29)30)11-17(24(26)27)12-19(25)16-7-9-21(35-3)23(14-16)37(31,32)33/h6-9,11-14H,4-5,10H2,1-3H3,(H2-,26,27,28,29,30,31,32,33)/p+1. The SMILES string of the molecule is CCCC[n+]1c(-c2ccc(OC)c(S(=O)(=O)O)c2)cc(C(=O)O)cc1-c1ccc(OC)c(S(=O)(=O)O)c1. The van der Waals surface area contributed by atoms with E-state index in [0.717, 1.165) is 6.42 Å². The Balaban J connectivity index is 2.43. The Labute approximate surface area is 214 Å². The molecule has 37 heavy (non-hydrogen) atoms. The lowest BCUT2D eigenvalue weighted by molar-refractivity contribution is -0.676. The molecule has 0 unspecified atom stereocenters. The Morgan fingerprint density at radius 3 is 1.57 bits per heavy atom. The van der Waals surface area contributed by atoms with Crippen LogP contribution in [0.25, 0.3) is 22.5 Å². The molecule has 0 radical (unpaired) electrons. The van der Waals surface area contributed by atoms with Crippen molar-refractivity contribution < 1.29 is 49.9 Å². The second kappa shape index (κ2) is 10.8. The molecule has 13 heteroatoms. The highest BCUT2D eigenvalue weighted by Crippen LogP contribution is 2.33. The molecular formula is C24H26NO10S2+. The van der Waals surface area contributed by atoms with Gasteiger partial charge in [-0.25, -0.2) is 4.79 Å². The van der Waals surface area contributed by atoms with Crippen LogP contribution >= 0.6 is 0 Å². The number of rotatable bonds is 10. The van der Waals surface area contributed by atoms with Gasteiger partial charge in [-0.15, -0.1) is 0 Å². The molecule has 3 aromatic rings. The molecule has 0 aliphatic rings. The highest BCUT2D eigenvalue weighted by molar-refractivity contribution is 7.86. The summed E-state index contributed by atoms with van der Waals surface area (Å²) in [5.74, 6) is -1.49. The molecule has 1 heterocycles. The first kappa shape index (κ1) is 28.1. The predicted molar refractivity (Wildman–Crippen MR) is 132 cm³/mol. The van der Waals surface area contributed by atoms with Crippen molar-refractivity contribution in [2.24, 2.45) is 0 Å². The van der Waals surface area contributed by atoms with E-state index in [1.807, 2.05) is 6.92 Å². The molecule has 0 bridgehead atoms. The minimum atomic E-state index is -4.68. The van der Waals surface area contributed by atoms with E-state index in [-0.39, 0.29) is 28.2 Å². The van der Waals surface area contributed by atoms with Crippen molar-refractivity contribution in [2.45, 2.75) is 36.1 Å². The highest BCUT2D eigenvalue weighted by atomic mass is 32.2. The van der Waals surface area contributed by atoms with E-state index in [1.165, 1.54) is 62.8 Å². The van der Waals surface area contributed by atoms with Crippen LogP contribution in [0.2, 0.25) is 0 Å². The number of carboxylic acids is 1. The quantitative estimate of drug-likeness (QED) is 0.251. The van der Waals surface area contributed by atoms with Crippen molar-refractivity contribution in [1.29, 1.82) is 0 Å². The van der Waals surface area contributed by atoms with Crippen molar-refractivity contribution >= 4 is 26.2 Å². The third kappa shape index (κ3) is 6.07. The predicted octanol–water partition coefficient (Wildman–Crippen LogP) is 3.32. The average molecular weight is 553 g/mol. The van der Waals surface area contributed by atoms with Crippen LogP contribution in [0, 0.1) is 0 Å². The smallest absolute Gasteiger partial charge is 0.336 e. The molecule has 11 nitrogen and oxygen atoms in total. The van der Waals surface area contributed by atoms with Crippen molar-refractivity contribution in [1.82, 2.24) is 0 Å². The largest absolute Gasteiger partial charge is 0.495 e. The van der Waals surface area contributed by atoms with E-state index in [9.17, 15) is 35.8 Å². The first-order valence-electron chi connectivity index (χ1n) is 10.9. The molecule has 198 valence electrons. The van der Waals surface area contributed by atoms with Crippen molar-refractivity contribution in [3.8, 4) is 34.0 Å². The van der Waals surface area contributed by atoms with Gasteiger partial charge in [0.2, 0.25) is 11.4 Å². The summed E-state index contributed by atoms with van der Waals surface area (Å²) >= 11 is 0. The van der Waals surface area contributed by atoms with Gasteiger partial charge in [0.25, 0.3) is 20.2 Å². The number of pyridine rings is 1. The van der Waals surface area contributed by atoms with Crippen molar-refractivity contribution in [3.63, 3.8) is 0 Å². The zero-order valence-electron chi connectivity index (χ0n) is 20.2. The van der Waals surface area contributed by atoms with Crippen LogP contribution in [0.3, 0.4) is 0 Å². The Morgan fingerprint density at radius 2 is 1.24 bits per heavy atom. The van der Waals surface area contributed by atoms with Crippen LogP contribution in [0.15, 0.2) is 58.3 Å². The molecule has 0 fully saturated rings. The first-order valence-corrected chi connectivity index (χ1v) is 13.8. The number of unbranched alkanes of at least 4 members (excludes halogenated alkanes) is 1. The molecule has 0 amide bonds. The number of nitrogens with zero attached hydrogens (tertiary/aromatic N) is 1.